The first kappa shape index (κ1) is 16.8. The second-order valence-electron chi connectivity index (χ2n) is 6.76. The normalized spacial score (nSPS) is 22.8. The Kier molecular flexibility index (Phi) is 8.50. The standard InChI is InChI=1S/C19H36/c1-4-17-19(3,5-2)18-15-13-11-9-7-6-8-10-12-14-16-18/h15H,4-14,16-17H2,1-3H3. The SMILES string of the molecule is CCCC(C)(CC)C1=CCCCCCCCCCC1. The molecule has 1 aliphatic rings. The van der Waals surface area contributed by atoms with Crippen LogP contribution in [0.25, 0.3) is 0 Å². The summed E-state index contributed by atoms with van der Waals surface area (Å²) in [6.45, 7) is 7.23. The minimum Gasteiger partial charge on any atom is -0.0848 e. The van der Waals surface area contributed by atoms with Gasteiger partial charge in [0.2, 0.25) is 0 Å². The Morgan fingerprint density at radius 1 is 0.895 bits per heavy atom. The van der Waals surface area contributed by atoms with E-state index in [4.69, 9.17) is 0 Å². The van der Waals surface area contributed by atoms with Gasteiger partial charge in [-0.3, -0.25) is 0 Å². The van der Waals surface area contributed by atoms with Crippen molar-refractivity contribution in [1.82, 2.24) is 0 Å². The third kappa shape index (κ3) is 6.15. The molecule has 19 heavy (non-hydrogen) atoms. The third-order valence-electron chi connectivity index (χ3n) is 5.15. The first-order valence-electron chi connectivity index (χ1n) is 8.92. The van der Waals surface area contributed by atoms with Gasteiger partial charge in [0.1, 0.15) is 0 Å². The molecule has 1 unspecified atom stereocenters. The highest BCUT2D eigenvalue weighted by Crippen LogP contribution is 2.39. The van der Waals surface area contributed by atoms with Gasteiger partial charge in [-0.2, -0.15) is 0 Å². The maximum absolute atomic E-state index is 2.63. The van der Waals surface area contributed by atoms with Crippen LogP contribution < -0.4 is 0 Å². The van der Waals surface area contributed by atoms with Crippen molar-refractivity contribution < 1.29 is 0 Å². The zero-order chi connectivity index (χ0) is 14.0. The van der Waals surface area contributed by atoms with Gasteiger partial charge in [-0.1, -0.05) is 77.4 Å². The largest absolute Gasteiger partial charge is 0.0848 e. The molecule has 0 saturated carbocycles. The molecule has 1 atom stereocenters. The summed E-state index contributed by atoms with van der Waals surface area (Å²) in [4.78, 5) is 0. The van der Waals surface area contributed by atoms with E-state index in [-0.39, 0.29) is 0 Å². The number of allylic oxidation sites excluding steroid dienone is 2. The van der Waals surface area contributed by atoms with Gasteiger partial charge in [0.25, 0.3) is 0 Å². The Balaban J connectivity index is 2.67. The van der Waals surface area contributed by atoms with Crippen molar-refractivity contribution >= 4 is 0 Å². The summed E-state index contributed by atoms with van der Waals surface area (Å²) < 4.78 is 0. The summed E-state index contributed by atoms with van der Waals surface area (Å²) in [7, 11) is 0. The van der Waals surface area contributed by atoms with E-state index in [9.17, 15) is 0 Å². The van der Waals surface area contributed by atoms with Crippen LogP contribution in [0.5, 0.6) is 0 Å². The number of hydrogen-bond donors (Lipinski definition) is 0. The van der Waals surface area contributed by atoms with Crippen LogP contribution in [0.1, 0.15) is 104 Å². The maximum atomic E-state index is 2.63. The molecule has 0 N–H and O–H groups in total. The van der Waals surface area contributed by atoms with Crippen molar-refractivity contribution in [2.24, 2.45) is 5.41 Å². The number of hydrogen-bond acceptors (Lipinski definition) is 0. The van der Waals surface area contributed by atoms with Gasteiger partial charge >= 0.3 is 0 Å². The van der Waals surface area contributed by atoms with Crippen molar-refractivity contribution in [2.75, 3.05) is 0 Å². The smallest absolute Gasteiger partial charge is 0.0119 e. The molecule has 0 radical (unpaired) electrons. The zero-order valence-electron chi connectivity index (χ0n) is 13.8. The fraction of sp³-hybridized carbons (Fsp3) is 0.895. The Hall–Kier alpha value is -0.260. The molecule has 1 aliphatic carbocycles. The van der Waals surface area contributed by atoms with E-state index in [1.165, 1.54) is 83.5 Å². The predicted molar refractivity (Wildman–Crippen MR) is 87.6 cm³/mol. The molecule has 1 rings (SSSR count). The monoisotopic (exact) mass is 264 g/mol. The molecule has 0 heterocycles. The van der Waals surface area contributed by atoms with E-state index in [1.54, 1.807) is 5.57 Å². The topological polar surface area (TPSA) is 0 Å². The van der Waals surface area contributed by atoms with Crippen LogP contribution in [-0.2, 0) is 0 Å². The second-order valence-corrected chi connectivity index (χ2v) is 6.76. The van der Waals surface area contributed by atoms with E-state index >= 15 is 0 Å². The van der Waals surface area contributed by atoms with Crippen LogP contribution in [0.15, 0.2) is 11.6 Å². The Bertz CT molecular complexity index is 251. The Labute approximate surface area is 122 Å². The highest BCUT2D eigenvalue weighted by Gasteiger charge is 2.25. The molecular weight excluding hydrogens is 228 g/mol. The minimum absolute atomic E-state index is 0.485. The summed E-state index contributed by atoms with van der Waals surface area (Å²) in [5.41, 5.74) is 2.27. The van der Waals surface area contributed by atoms with Crippen molar-refractivity contribution in [1.29, 1.82) is 0 Å². The van der Waals surface area contributed by atoms with Crippen LogP contribution in [0.4, 0.5) is 0 Å². The molecule has 0 aromatic heterocycles. The molecule has 0 heteroatoms. The van der Waals surface area contributed by atoms with Crippen LogP contribution in [0.2, 0.25) is 0 Å². The van der Waals surface area contributed by atoms with Crippen molar-refractivity contribution in [3.63, 3.8) is 0 Å². The molecule has 0 aromatic carbocycles. The lowest BCUT2D eigenvalue weighted by atomic mass is 9.73. The van der Waals surface area contributed by atoms with E-state index < -0.39 is 0 Å². The van der Waals surface area contributed by atoms with Gasteiger partial charge in [-0.25, -0.2) is 0 Å². The summed E-state index contributed by atoms with van der Waals surface area (Å²) in [6.07, 6.45) is 20.9. The van der Waals surface area contributed by atoms with Crippen molar-refractivity contribution in [2.45, 2.75) is 104 Å². The first-order chi connectivity index (χ1) is 9.23. The summed E-state index contributed by atoms with van der Waals surface area (Å²) >= 11 is 0. The number of rotatable bonds is 4. The summed E-state index contributed by atoms with van der Waals surface area (Å²) in [5.74, 6) is 0. The quantitative estimate of drug-likeness (QED) is 0.477. The van der Waals surface area contributed by atoms with Crippen LogP contribution in [-0.4, -0.2) is 0 Å². The summed E-state index contributed by atoms with van der Waals surface area (Å²) in [5, 5.41) is 0. The van der Waals surface area contributed by atoms with Gasteiger partial charge in [-0.05, 0) is 43.9 Å². The molecule has 0 spiro atoms. The van der Waals surface area contributed by atoms with Gasteiger partial charge < -0.3 is 0 Å². The highest BCUT2D eigenvalue weighted by atomic mass is 14.3. The Morgan fingerprint density at radius 2 is 1.47 bits per heavy atom. The van der Waals surface area contributed by atoms with Gasteiger partial charge in [0.05, 0.1) is 0 Å². The van der Waals surface area contributed by atoms with E-state index in [2.05, 4.69) is 26.8 Å². The van der Waals surface area contributed by atoms with Crippen molar-refractivity contribution in [3.05, 3.63) is 11.6 Å². The fourth-order valence-corrected chi connectivity index (χ4v) is 3.56. The molecule has 0 nitrogen and oxygen atoms in total. The van der Waals surface area contributed by atoms with Gasteiger partial charge in [0.15, 0.2) is 0 Å². The van der Waals surface area contributed by atoms with E-state index in [0.29, 0.717) is 5.41 Å². The Morgan fingerprint density at radius 3 is 2.05 bits per heavy atom. The molecule has 0 aliphatic heterocycles. The zero-order valence-corrected chi connectivity index (χ0v) is 13.8. The average molecular weight is 264 g/mol. The lowest BCUT2D eigenvalue weighted by molar-refractivity contribution is 0.331. The lowest BCUT2D eigenvalue weighted by Gasteiger charge is -2.32. The van der Waals surface area contributed by atoms with Gasteiger partial charge in [-0.15, -0.1) is 0 Å². The molecule has 0 fully saturated rings. The van der Waals surface area contributed by atoms with Crippen molar-refractivity contribution in [3.8, 4) is 0 Å². The van der Waals surface area contributed by atoms with E-state index in [0.717, 1.165) is 0 Å². The van der Waals surface area contributed by atoms with Crippen LogP contribution >= 0.6 is 0 Å². The van der Waals surface area contributed by atoms with Crippen LogP contribution in [0.3, 0.4) is 0 Å². The highest BCUT2D eigenvalue weighted by molar-refractivity contribution is 5.13. The predicted octanol–water partition coefficient (Wildman–Crippen LogP) is 7.04. The fourth-order valence-electron chi connectivity index (χ4n) is 3.56. The van der Waals surface area contributed by atoms with Crippen LogP contribution in [0, 0.1) is 5.41 Å². The summed E-state index contributed by atoms with van der Waals surface area (Å²) in [6, 6.07) is 0. The molecule has 0 amide bonds. The maximum Gasteiger partial charge on any atom is -0.0119 e. The molecule has 0 bridgehead atoms. The van der Waals surface area contributed by atoms with Gasteiger partial charge in [0, 0.05) is 0 Å². The molecular formula is C19H36. The average Bonchev–Trinajstić information content (AvgIpc) is 2.39. The minimum atomic E-state index is 0.485. The first-order valence-corrected chi connectivity index (χ1v) is 8.92. The lowest BCUT2D eigenvalue weighted by Crippen LogP contribution is -2.18. The third-order valence-corrected chi connectivity index (χ3v) is 5.15. The van der Waals surface area contributed by atoms with E-state index in [1.807, 2.05) is 0 Å². The molecule has 0 saturated heterocycles. The molecule has 112 valence electrons. The second kappa shape index (κ2) is 9.61. The molecule has 0 aromatic rings.